The highest BCUT2D eigenvalue weighted by Gasteiger charge is 2.47. The molecule has 9 amide bonds. The van der Waals surface area contributed by atoms with E-state index in [0.717, 1.165) is 16.0 Å². The van der Waals surface area contributed by atoms with Gasteiger partial charge in [-0.2, -0.15) is 0 Å². The Hall–Kier alpha value is -10.5. The van der Waals surface area contributed by atoms with E-state index in [9.17, 15) is 58.5 Å². The molecule has 4 aliphatic heterocycles. The first-order valence-corrected chi connectivity index (χ1v) is 34.1. The minimum Gasteiger partial charge on any atom is -0.493 e. The molecule has 4 aromatic carbocycles. The number of methoxy groups -OCH3 is 2. The van der Waals surface area contributed by atoms with Crippen LogP contribution in [0.4, 0.5) is 32.3 Å². The molecule has 554 valence electrons. The summed E-state index contributed by atoms with van der Waals surface area (Å²) < 4.78 is 40.8. The Labute approximate surface area is 598 Å². The van der Waals surface area contributed by atoms with Crippen molar-refractivity contribution in [2.45, 2.75) is 169 Å². The lowest BCUT2D eigenvalue weighted by Gasteiger charge is -2.36. The van der Waals surface area contributed by atoms with Crippen molar-refractivity contribution in [1.29, 1.82) is 0 Å². The first-order chi connectivity index (χ1) is 49.2. The molecule has 4 aliphatic rings. The number of benzene rings is 4. The molecule has 9 atom stereocenters. The summed E-state index contributed by atoms with van der Waals surface area (Å²) in [5, 5.41) is 52.0. The highest BCUT2D eigenvalue weighted by Crippen LogP contribution is 2.44. The van der Waals surface area contributed by atoms with Gasteiger partial charge in [0.25, 0.3) is 11.8 Å². The van der Waals surface area contributed by atoms with Crippen LogP contribution in [0.5, 0.6) is 23.0 Å². The fourth-order valence-corrected chi connectivity index (χ4v) is 12.0. The van der Waals surface area contributed by atoms with Gasteiger partial charge in [-0.05, 0) is 126 Å². The summed E-state index contributed by atoms with van der Waals surface area (Å²) in [5.41, 5.74) is 3.71. The summed E-state index contributed by atoms with van der Waals surface area (Å²) in [6, 6.07) is 13.3. The number of amides is 9. The molecule has 0 spiro atoms. The average molecular weight is 1430 g/mol. The Morgan fingerprint density at radius 2 is 1.06 bits per heavy atom. The van der Waals surface area contributed by atoms with Crippen LogP contribution in [0.25, 0.3) is 0 Å². The van der Waals surface area contributed by atoms with Crippen molar-refractivity contribution in [2.75, 3.05) is 54.5 Å². The molecule has 8 rings (SSSR count). The quantitative estimate of drug-likeness (QED) is 0.0126. The summed E-state index contributed by atoms with van der Waals surface area (Å²) in [5.74, 6) is -3.24. The predicted octanol–water partition coefficient (Wildman–Crippen LogP) is 7.61. The normalized spacial score (nSPS) is 18.1. The number of hydrogen-bond donors (Lipinski definition) is 9. The van der Waals surface area contributed by atoms with Crippen molar-refractivity contribution >= 4 is 76.3 Å². The van der Waals surface area contributed by atoms with Crippen molar-refractivity contribution in [2.24, 2.45) is 11.8 Å². The van der Waals surface area contributed by atoms with Crippen LogP contribution in [0.1, 0.15) is 132 Å². The van der Waals surface area contributed by atoms with E-state index in [0.29, 0.717) is 54.6 Å². The zero-order valence-corrected chi connectivity index (χ0v) is 59.7. The molecule has 4 heterocycles. The van der Waals surface area contributed by atoms with Crippen LogP contribution in [0.3, 0.4) is 0 Å². The summed E-state index contributed by atoms with van der Waals surface area (Å²) in [7, 11) is 2.83. The SMILES string of the molecule is C=CCCC(=O)N[C@H](C(=O)N[C@@H](C)C(=O)Nc1ccc(COC(=O)N2c3cc(OCCCCCOc4cc5c(cc4OC)C(=O)N4C=C(C)C[C@H]4[C@H](O)N5C(O)OCc4ccc(NC(=O)[C@H](C)NC(=O)[C@@H](NC(=O)OCC=C)C(C)C)cc4)c(OC)cc3C(=O)N3C=C(C)C[C@H]3[C@@H]2O)cc1)C(C)C. The van der Waals surface area contributed by atoms with Gasteiger partial charge < -0.3 is 90.2 Å². The molecule has 0 saturated carbocycles. The van der Waals surface area contributed by atoms with Gasteiger partial charge in [-0.1, -0.05) is 81.8 Å². The van der Waals surface area contributed by atoms with Crippen LogP contribution in [0.2, 0.25) is 0 Å². The van der Waals surface area contributed by atoms with Gasteiger partial charge in [0.15, 0.2) is 35.5 Å². The molecule has 0 radical (unpaired) electrons. The summed E-state index contributed by atoms with van der Waals surface area (Å²) in [6.07, 6.45) is 2.34. The monoisotopic (exact) mass is 1430 g/mol. The summed E-state index contributed by atoms with van der Waals surface area (Å²) in [6.45, 7) is 20.6. The number of anilines is 4. The first kappa shape index (κ1) is 78.2. The van der Waals surface area contributed by atoms with E-state index < -0.39 is 103 Å². The highest BCUT2D eigenvalue weighted by molar-refractivity contribution is 6.07. The van der Waals surface area contributed by atoms with E-state index in [4.69, 9.17) is 33.2 Å². The van der Waals surface area contributed by atoms with Crippen LogP contribution < -0.4 is 60.6 Å². The van der Waals surface area contributed by atoms with Gasteiger partial charge in [-0.3, -0.25) is 38.5 Å². The van der Waals surface area contributed by atoms with Crippen molar-refractivity contribution < 1.29 is 91.6 Å². The molecule has 0 aliphatic carbocycles. The van der Waals surface area contributed by atoms with Crippen molar-refractivity contribution in [1.82, 2.24) is 31.1 Å². The highest BCUT2D eigenvalue weighted by atomic mass is 16.6. The van der Waals surface area contributed by atoms with Gasteiger partial charge in [-0.25, -0.2) is 14.5 Å². The van der Waals surface area contributed by atoms with Gasteiger partial charge in [-0.15, -0.1) is 6.58 Å². The van der Waals surface area contributed by atoms with Gasteiger partial charge in [0.1, 0.15) is 37.4 Å². The molecular weight excluding hydrogens is 1330 g/mol. The maximum atomic E-state index is 14.3. The standard InChI is InChI=1S/C74H94N10O19/c1-13-15-19-61(85)79-62(41(3)4)66(88)75-45(9)64(86)77-49-24-20-47(21-25-49)39-102-73(95)83-53-35-59(57(97-11)33-51(53)68(90)81-37-43(7)31-55(81)70(83)92)99-29-17-16-18-30-100-60-36-54-52(34-58(60)98-12)69(91)82-38-44(8)32-56(82)71(93)84(54)74(96)103-40-48-22-26-50(27-23-48)78-65(87)46(10)76-67(89)63(42(5)6)80-72(94)101-28-14-2/h13-14,20-27,33-38,41-42,45-46,55-56,62-63,70-71,74,92-93,96H,1-2,15-19,28-32,39-40H2,3-12H3,(H,75,88)(H,76,89)(H,77,86)(H,78,87)(H,79,85)(H,80,94)/t45-,46-,55-,56-,62-,63-,70-,71-,74?/m0/s1. The topological polar surface area (TPSA) is 364 Å². The number of rotatable bonds is 33. The third kappa shape index (κ3) is 19.6. The number of nitrogens with zero attached hydrogens (tertiary/aromatic N) is 4. The number of unbranched alkanes of at least 4 members (excludes halogenated alkanes) is 2. The van der Waals surface area contributed by atoms with E-state index in [-0.39, 0.29) is 109 Å². The van der Waals surface area contributed by atoms with Gasteiger partial charge in [0.05, 0.1) is 68.6 Å². The smallest absolute Gasteiger partial charge is 0.416 e. The second kappa shape index (κ2) is 35.9. The fraction of sp³-hybridized carbons (Fsp3) is 0.446. The van der Waals surface area contributed by atoms with Gasteiger partial charge in [0, 0.05) is 42.3 Å². The second-order valence-corrected chi connectivity index (χ2v) is 26.2. The Bertz CT molecular complexity index is 3840. The predicted molar refractivity (Wildman–Crippen MR) is 380 cm³/mol. The lowest BCUT2D eigenvalue weighted by atomic mass is 10.0. The van der Waals surface area contributed by atoms with Crippen LogP contribution in [-0.4, -0.2) is 168 Å². The lowest BCUT2D eigenvalue weighted by Crippen LogP contribution is -2.53. The van der Waals surface area contributed by atoms with E-state index in [1.807, 2.05) is 13.8 Å². The number of alkyl carbamates (subject to hydrolysis) is 1. The number of hydrogen-bond acceptors (Lipinski definition) is 20. The minimum atomic E-state index is -1.82. The third-order valence-corrected chi connectivity index (χ3v) is 17.6. The zero-order chi connectivity index (χ0) is 74.9. The minimum absolute atomic E-state index is 0.0134. The van der Waals surface area contributed by atoms with Crippen LogP contribution in [0, 0.1) is 11.8 Å². The molecule has 103 heavy (non-hydrogen) atoms. The molecule has 0 saturated heterocycles. The van der Waals surface area contributed by atoms with E-state index in [1.165, 1.54) is 73.1 Å². The lowest BCUT2D eigenvalue weighted by molar-refractivity contribution is -0.131. The molecule has 4 aromatic rings. The fourth-order valence-electron chi connectivity index (χ4n) is 12.0. The van der Waals surface area contributed by atoms with Gasteiger partial charge >= 0.3 is 12.2 Å². The molecule has 0 bridgehead atoms. The number of carbonyl (C=O) groups is 9. The van der Waals surface area contributed by atoms with Crippen molar-refractivity contribution in [3.63, 3.8) is 0 Å². The Morgan fingerprint density at radius 1 is 0.583 bits per heavy atom. The summed E-state index contributed by atoms with van der Waals surface area (Å²) in [4.78, 5) is 125. The van der Waals surface area contributed by atoms with Crippen molar-refractivity contribution in [3.05, 3.63) is 144 Å². The third-order valence-electron chi connectivity index (χ3n) is 17.6. The molecular formula is C74H94N10O19. The van der Waals surface area contributed by atoms with E-state index in [1.54, 1.807) is 94.7 Å². The maximum absolute atomic E-state index is 14.3. The number of carbonyl (C=O) groups excluding carboxylic acids is 9. The molecule has 9 N–H and O–H groups in total. The van der Waals surface area contributed by atoms with E-state index in [2.05, 4.69) is 45.1 Å². The molecule has 0 fully saturated rings. The largest absolute Gasteiger partial charge is 0.493 e. The number of allylic oxidation sites excluding steroid dienone is 1. The van der Waals surface area contributed by atoms with Crippen LogP contribution in [-0.2, 0) is 51.4 Å². The number of nitrogens with one attached hydrogen (secondary N) is 6. The van der Waals surface area contributed by atoms with Crippen LogP contribution in [0.15, 0.2) is 122 Å². The molecule has 1 unspecified atom stereocenters. The average Bonchev–Trinajstić information content (AvgIpc) is 1.63. The Kier molecular flexibility index (Phi) is 27.3. The number of fused-ring (bicyclic) bond motifs is 4. The van der Waals surface area contributed by atoms with Crippen molar-refractivity contribution in [3.8, 4) is 23.0 Å². The molecule has 29 nitrogen and oxygen atoms in total. The van der Waals surface area contributed by atoms with Crippen LogP contribution >= 0.6 is 0 Å². The zero-order valence-electron chi connectivity index (χ0n) is 59.7. The van der Waals surface area contributed by atoms with E-state index >= 15 is 0 Å². The number of aliphatic hydroxyl groups excluding tert-OH is 3. The maximum Gasteiger partial charge on any atom is 0.416 e. The number of ether oxygens (including phenoxy) is 7. The first-order valence-electron chi connectivity index (χ1n) is 34.1. The molecule has 29 heteroatoms. The molecule has 0 aromatic heterocycles. The Morgan fingerprint density at radius 3 is 1.54 bits per heavy atom. The number of aliphatic hydroxyl groups is 3. The summed E-state index contributed by atoms with van der Waals surface area (Å²) >= 11 is 0. The Balaban J connectivity index is 0.879. The van der Waals surface area contributed by atoms with Gasteiger partial charge in [0.2, 0.25) is 35.9 Å². The second-order valence-electron chi connectivity index (χ2n) is 26.2.